The lowest BCUT2D eigenvalue weighted by molar-refractivity contribution is -0.127. The standard InChI is InChI=1S/C11H16N4O3/c1-4-15(2)9(16)7-13-8-5-6-12-10(14-8)11(17)18-3/h5-6H,4,7H2,1-3H3,(H,12,13,14). The Morgan fingerprint density at radius 2 is 2.22 bits per heavy atom. The number of aromatic nitrogens is 2. The maximum atomic E-state index is 11.6. The minimum absolute atomic E-state index is 0.0428. The number of anilines is 1. The molecule has 7 heteroatoms. The molecular weight excluding hydrogens is 236 g/mol. The minimum Gasteiger partial charge on any atom is -0.463 e. The topological polar surface area (TPSA) is 84.4 Å². The average molecular weight is 252 g/mol. The Bertz CT molecular complexity index is 436. The lowest BCUT2D eigenvalue weighted by atomic mass is 10.4. The molecule has 0 aliphatic rings. The maximum absolute atomic E-state index is 11.6. The van der Waals surface area contributed by atoms with E-state index in [1.54, 1.807) is 18.0 Å². The van der Waals surface area contributed by atoms with Gasteiger partial charge < -0.3 is 15.0 Å². The van der Waals surface area contributed by atoms with Crippen LogP contribution in [0.25, 0.3) is 0 Å². The first-order valence-electron chi connectivity index (χ1n) is 5.47. The van der Waals surface area contributed by atoms with Crippen LogP contribution in [-0.4, -0.2) is 54.0 Å². The fraction of sp³-hybridized carbons (Fsp3) is 0.455. The number of carbonyl (C=O) groups is 2. The van der Waals surface area contributed by atoms with Gasteiger partial charge in [0.05, 0.1) is 13.7 Å². The van der Waals surface area contributed by atoms with Crippen LogP contribution in [0.5, 0.6) is 0 Å². The van der Waals surface area contributed by atoms with Crippen LogP contribution < -0.4 is 5.32 Å². The second-order valence-electron chi connectivity index (χ2n) is 3.52. The molecule has 0 atom stereocenters. The second kappa shape index (κ2) is 6.53. The number of nitrogens with zero attached hydrogens (tertiary/aromatic N) is 3. The molecular formula is C11H16N4O3. The Hall–Kier alpha value is -2.18. The van der Waals surface area contributed by atoms with Gasteiger partial charge in [0.1, 0.15) is 5.82 Å². The molecule has 0 aromatic carbocycles. The lowest BCUT2D eigenvalue weighted by Gasteiger charge is -2.14. The summed E-state index contributed by atoms with van der Waals surface area (Å²) >= 11 is 0. The van der Waals surface area contributed by atoms with Crippen molar-refractivity contribution in [1.29, 1.82) is 0 Å². The summed E-state index contributed by atoms with van der Waals surface area (Å²) in [7, 11) is 2.97. The Balaban J connectivity index is 2.63. The van der Waals surface area contributed by atoms with Gasteiger partial charge in [0.15, 0.2) is 0 Å². The van der Waals surface area contributed by atoms with Crippen molar-refractivity contribution in [3.05, 3.63) is 18.1 Å². The Morgan fingerprint density at radius 3 is 2.83 bits per heavy atom. The van der Waals surface area contributed by atoms with E-state index in [1.165, 1.54) is 13.3 Å². The third-order valence-electron chi connectivity index (χ3n) is 2.34. The zero-order valence-corrected chi connectivity index (χ0v) is 10.6. The average Bonchev–Trinajstić information content (AvgIpc) is 2.43. The highest BCUT2D eigenvalue weighted by Gasteiger charge is 2.10. The van der Waals surface area contributed by atoms with E-state index in [4.69, 9.17) is 0 Å². The van der Waals surface area contributed by atoms with Gasteiger partial charge in [-0.15, -0.1) is 0 Å². The first-order chi connectivity index (χ1) is 8.58. The van der Waals surface area contributed by atoms with E-state index < -0.39 is 5.97 Å². The van der Waals surface area contributed by atoms with Crippen LogP contribution in [0.15, 0.2) is 12.3 Å². The van der Waals surface area contributed by atoms with Crippen LogP contribution in [-0.2, 0) is 9.53 Å². The van der Waals surface area contributed by atoms with Crippen molar-refractivity contribution in [2.45, 2.75) is 6.92 Å². The smallest absolute Gasteiger partial charge is 0.376 e. The van der Waals surface area contributed by atoms with Gasteiger partial charge in [-0.3, -0.25) is 4.79 Å². The highest BCUT2D eigenvalue weighted by molar-refractivity contribution is 5.85. The Labute approximate surface area is 105 Å². The largest absolute Gasteiger partial charge is 0.463 e. The predicted molar refractivity (Wildman–Crippen MR) is 65.2 cm³/mol. The highest BCUT2D eigenvalue weighted by Crippen LogP contribution is 2.02. The molecule has 18 heavy (non-hydrogen) atoms. The van der Waals surface area contributed by atoms with Gasteiger partial charge in [-0.2, -0.15) is 0 Å². The molecule has 0 aliphatic carbocycles. The van der Waals surface area contributed by atoms with Crippen LogP contribution in [0.3, 0.4) is 0 Å². The van der Waals surface area contributed by atoms with Crippen molar-refractivity contribution < 1.29 is 14.3 Å². The van der Waals surface area contributed by atoms with Crippen LogP contribution in [0, 0.1) is 0 Å². The fourth-order valence-corrected chi connectivity index (χ4v) is 1.12. The molecule has 0 aliphatic heterocycles. The number of nitrogens with one attached hydrogen (secondary N) is 1. The van der Waals surface area contributed by atoms with Crippen LogP contribution in [0.4, 0.5) is 5.82 Å². The van der Waals surface area contributed by atoms with E-state index >= 15 is 0 Å². The maximum Gasteiger partial charge on any atom is 0.376 e. The molecule has 7 nitrogen and oxygen atoms in total. The Kier molecular flexibility index (Phi) is 5.04. The summed E-state index contributed by atoms with van der Waals surface area (Å²) < 4.78 is 4.51. The van der Waals surface area contributed by atoms with Gasteiger partial charge in [0.25, 0.3) is 0 Å². The second-order valence-corrected chi connectivity index (χ2v) is 3.52. The van der Waals surface area contributed by atoms with E-state index in [0.29, 0.717) is 12.4 Å². The van der Waals surface area contributed by atoms with E-state index in [1.807, 2.05) is 6.92 Å². The molecule has 1 aromatic rings. The zero-order chi connectivity index (χ0) is 13.5. The number of methoxy groups -OCH3 is 1. The van der Waals surface area contributed by atoms with Crippen molar-refractivity contribution in [2.24, 2.45) is 0 Å². The van der Waals surface area contributed by atoms with E-state index in [2.05, 4.69) is 20.0 Å². The molecule has 0 saturated heterocycles. The highest BCUT2D eigenvalue weighted by atomic mass is 16.5. The molecule has 1 aromatic heterocycles. The van der Waals surface area contributed by atoms with Gasteiger partial charge in [0.2, 0.25) is 11.7 Å². The van der Waals surface area contributed by atoms with E-state index in [-0.39, 0.29) is 18.3 Å². The predicted octanol–water partition coefficient (Wildman–Crippen LogP) is 0.153. The first kappa shape index (κ1) is 13.9. The third kappa shape index (κ3) is 3.69. The van der Waals surface area contributed by atoms with Crippen molar-refractivity contribution in [3.63, 3.8) is 0 Å². The van der Waals surface area contributed by atoms with Crippen molar-refractivity contribution >= 4 is 17.7 Å². The molecule has 0 bridgehead atoms. The summed E-state index contributed by atoms with van der Waals surface area (Å²) in [6.07, 6.45) is 1.43. The molecule has 0 fully saturated rings. The van der Waals surface area contributed by atoms with Crippen molar-refractivity contribution in [2.75, 3.05) is 32.6 Å². The normalized spacial score (nSPS) is 9.72. The number of carbonyl (C=O) groups excluding carboxylic acids is 2. The summed E-state index contributed by atoms with van der Waals surface area (Å²) in [5.74, 6) is -0.312. The van der Waals surface area contributed by atoms with Gasteiger partial charge >= 0.3 is 5.97 Å². The summed E-state index contributed by atoms with van der Waals surface area (Å²) in [4.78, 5) is 32.0. The first-order valence-corrected chi connectivity index (χ1v) is 5.47. The zero-order valence-electron chi connectivity index (χ0n) is 10.6. The van der Waals surface area contributed by atoms with Crippen molar-refractivity contribution in [3.8, 4) is 0 Å². The van der Waals surface area contributed by atoms with Crippen LogP contribution in [0.1, 0.15) is 17.5 Å². The van der Waals surface area contributed by atoms with Crippen LogP contribution >= 0.6 is 0 Å². The molecule has 1 heterocycles. The number of rotatable bonds is 5. The SMILES string of the molecule is CCN(C)C(=O)CNc1ccnc(C(=O)OC)n1. The van der Waals surface area contributed by atoms with Crippen molar-refractivity contribution in [1.82, 2.24) is 14.9 Å². The molecule has 0 radical (unpaired) electrons. The number of esters is 1. The number of amides is 1. The van der Waals surface area contributed by atoms with E-state index in [9.17, 15) is 9.59 Å². The summed E-state index contributed by atoms with van der Waals surface area (Å²) in [6, 6.07) is 1.58. The quantitative estimate of drug-likeness (QED) is 0.751. The van der Waals surface area contributed by atoms with E-state index in [0.717, 1.165) is 0 Å². The third-order valence-corrected chi connectivity index (χ3v) is 2.34. The summed E-state index contributed by atoms with van der Waals surface area (Å²) in [5, 5.41) is 2.83. The number of likely N-dealkylation sites (N-methyl/N-ethyl adjacent to an activating group) is 1. The monoisotopic (exact) mass is 252 g/mol. The molecule has 0 spiro atoms. The minimum atomic E-state index is -0.615. The van der Waals surface area contributed by atoms with Crippen LogP contribution in [0.2, 0.25) is 0 Å². The molecule has 0 unspecified atom stereocenters. The fourth-order valence-electron chi connectivity index (χ4n) is 1.12. The summed E-state index contributed by atoms with van der Waals surface area (Å²) in [6.45, 7) is 2.64. The molecule has 1 N–H and O–H groups in total. The lowest BCUT2D eigenvalue weighted by Crippen LogP contribution is -2.32. The van der Waals surface area contributed by atoms with Gasteiger partial charge in [-0.05, 0) is 13.0 Å². The van der Waals surface area contributed by atoms with Gasteiger partial charge in [-0.25, -0.2) is 14.8 Å². The molecule has 0 saturated carbocycles. The van der Waals surface area contributed by atoms with Gasteiger partial charge in [-0.1, -0.05) is 0 Å². The number of ether oxygens (including phenoxy) is 1. The molecule has 98 valence electrons. The molecule has 1 rings (SSSR count). The molecule has 1 amide bonds. The van der Waals surface area contributed by atoms with Gasteiger partial charge in [0, 0.05) is 19.8 Å². The summed E-state index contributed by atoms with van der Waals surface area (Å²) in [5.41, 5.74) is 0. The number of hydrogen-bond acceptors (Lipinski definition) is 6. The Morgan fingerprint density at radius 1 is 1.50 bits per heavy atom. The number of hydrogen-bond donors (Lipinski definition) is 1.